The summed E-state index contributed by atoms with van der Waals surface area (Å²) in [6, 6.07) is 2.02. The van der Waals surface area contributed by atoms with Gasteiger partial charge in [0, 0.05) is 6.42 Å². The Labute approximate surface area is 93.3 Å². The molecule has 0 aliphatic carbocycles. The largest absolute Gasteiger partial charge is 0.522 e. The van der Waals surface area contributed by atoms with Gasteiger partial charge in [-0.25, -0.2) is 0 Å². The van der Waals surface area contributed by atoms with E-state index in [2.05, 4.69) is 3.87 Å². The van der Waals surface area contributed by atoms with E-state index in [1.807, 2.05) is 6.07 Å². The van der Waals surface area contributed by atoms with Crippen molar-refractivity contribution in [3.8, 4) is 6.07 Å². The van der Waals surface area contributed by atoms with Crippen LogP contribution in [0.4, 0.5) is 13.2 Å². The zero-order chi connectivity index (χ0) is 13.0. The third-order valence-electron chi connectivity index (χ3n) is 1.69. The Balaban J connectivity index is 4.55. The molecule has 0 bridgehead atoms. The third-order valence-corrected chi connectivity index (χ3v) is 6.49. The summed E-state index contributed by atoms with van der Waals surface area (Å²) in [7, 11) is -8.46. The number of nitrogens with zero attached hydrogens (tertiary/aromatic N) is 1. The first-order valence-electron chi connectivity index (χ1n) is 4.41. The molecule has 0 saturated heterocycles. The summed E-state index contributed by atoms with van der Waals surface area (Å²) < 4.78 is 61.7. The van der Waals surface area contributed by atoms with Crippen molar-refractivity contribution in [3.05, 3.63) is 0 Å². The molecule has 0 N–H and O–H groups in total. The van der Waals surface area contributed by atoms with Crippen molar-refractivity contribution >= 4 is 18.4 Å². The molecule has 0 rings (SSSR count). The van der Waals surface area contributed by atoms with Gasteiger partial charge in [-0.15, -0.1) is 0 Å². The van der Waals surface area contributed by atoms with Gasteiger partial charge in [-0.2, -0.15) is 26.9 Å². The Morgan fingerprint density at radius 2 is 1.88 bits per heavy atom. The van der Waals surface area contributed by atoms with E-state index in [9.17, 15) is 21.6 Å². The molecule has 0 amide bonds. The van der Waals surface area contributed by atoms with Crippen molar-refractivity contribution < 1.29 is 25.5 Å². The van der Waals surface area contributed by atoms with E-state index in [1.54, 1.807) is 0 Å². The molecule has 0 aromatic rings. The molecule has 0 aliphatic heterocycles. The first kappa shape index (κ1) is 15.4. The van der Waals surface area contributed by atoms with Gasteiger partial charge in [0.1, 0.15) is 0 Å². The predicted molar refractivity (Wildman–Crippen MR) is 53.2 cm³/mol. The van der Waals surface area contributed by atoms with Crippen molar-refractivity contribution in [3.63, 3.8) is 0 Å². The summed E-state index contributed by atoms with van der Waals surface area (Å²) in [5.74, 6) is 0. The monoisotopic (exact) mass is 275 g/mol. The normalized spacial score (nSPS) is 13.5. The van der Waals surface area contributed by atoms with E-state index in [0.29, 0.717) is 6.42 Å². The van der Waals surface area contributed by atoms with Crippen LogP contribution in [0.1, 0.15) is 12.8 Å². The molecule has 4 nitrogen and oxygen atoms in total. The van der Waals surface area contributed by atoms with Crippen LogP contribution >= 0.6 is 0 Å². The maximum Gasteiger partial charge on any atom is 0.522 e. The molecule has 16 heavy (non-hydrogen) atoms. The topological polar surface area (TPSA) is 67.2 Å². The fourth-order valence-electron chi connectivity index (χ4n) is 0.979. The molecule has 94 valence electrons. The highest BCUT2D eigenvalue weighted by Gasteiger charge is 2.50. The van der Waals surface area contributed by atoms with Crippen molar-refractivity contribution in [1.29, 1.82) is 5.26 Å². The molecule has 0 radical (unpaired) electrons. The Kier molecular flexibility index (Phi) is 4.97. The number of hydrogen-bond acceptors (Lipinski definition) is 4. The lowest BCUT2D eigenvalue weighted by Crippen LogP contribution is -2.38. The van der Waals surface area contributed by atoms with Gasteiger partial charge in [-0.05, 0) is 25.6 Å². The molecular formula is C7H12F3NO3SSi. The van der Waals surface area contributed by atoms with E-state index < -0.39 is 23.9 Å². The molecule has 0 aromatic heterocycles. The van der Waals surface area contributed by atoms with Crippen molar-refractivity contribution in [2.75, 3.05) is 0 Å². The summed E-state index contributed by atoms with van der Waals surface area (Å²) in [6.07, 6.45) is 0.509. The van der Waals surface area contributed by atoms with Gasteiger partial charge in [0.05, 0.1) is 6.07 Å². The second-order valence-corrected chi connectivity index (χ2v) is 9.81. The summed E-state index contributed by atoms with van der Waals surface area (Å²) in [6.45, 7) is 2.74. The van der Waals surface area contributed by atoms with Crippen LogP contribution in [-0.2, 0) is 14.0 Å². The van der Waals surface area contributed by atoms with Gasteiger partial charge >= 0.3 is 15.6 Å². The van der Waals surface area contributed by atoms with Crippen molar-refractivity contribution in [2.24, 2.45) is 0 Å². The number of rotatable bonds is 5. The average Bonchev–Trinajstić information content (AvgIpc) is 1.99. The fraction of sp³-hybridized carbons (Fsp3) is 0.857. The molecule has 0 unspecified atom stereocenters. The second-order valence-electron chi connectivity index (χ2n) is 3.75. The molecule has 0 atom stereocenters. The zero-order valence-corrected chi connectivity index (χ0v) is 10.7. The van der Waals surface area contributed by atoms with Crippen LogP contribution in [0.15, 0.2) is 0 Å². The van der Waals surface area contributed by atoms with Crippen molar-refractivity contribution in [2.45, 2.75) is 37.5 Å². The first-order chi connectivity index (χ1) is 7.02. The van der Waals surface area contributed by atoms with E-state index in [4.69, 9.17) is 5.26 Å². The Hall–Kier alpha value is -0.593. The highest BCUT2D eigenvalue weighted by atomic mass is 32.2. The molecular weight excluding hydrogens is 263 g/mol. The lowest BCUT2D eigenvalue weighted by Gasteiger charge is -2.22. The summed E-state index contributed by atoms with van der Waals surface area (Å²) in [4.78, 5) is 0. The molecule has 0 aliphatic rings. The van der Waals surface area contributed by atoms with Crippen LogP contribution in [0, 0.1) is 11.3 Å². The van der Waals surface area contributed by atoms with Crippen LogP contribution in [0.5, 0.6) is 0 Å². The Morgan fingerprint density at radius 1 is 1.38 bits per heavy atom. The summed E-state index contributed by atoms with van der Waals surface area (Å²) >= 11 is 0. The Bertz CT molecular complexity index is 371. The maximum absolute atomic E-state index is 12.0. The molecule has 9 heteroatoms. The standard InChI is InChI=1S/C7H12F3NO3SSi/c1-16(2,6-4-3-5-11)14-15(12,13)7(8,9)10/h3-4,6H2,1-2H3. The van der Waals surface area contributed by atoms with Crippen LogP contribution in [-0.4, -0.2) is 22.2 Å². The van der Waals surface area contributed by atoms with E-state index in [0.717, 1.165) is 0 Å². The third kappa shape index (κ3) is 4.96. The maximum atomic E-state index is 12.0. The quantitative estimate of drug-likeness (QED) is 0.439. The molecule has 0 saturated carbocycles. The van der Waals surface area contributed by atoms with Gasteiger partial charge in [0.15, 0.2) is 0 Å². The molecule has 0 heterocycles. The van der Waals surface area contributed by atoms with E-state index in [1.165, 1.54) is 13.1 Å². The minimum Gasteiger partial charge on any atom is -0.308 e. The van der Waals surface area contributed by atoms with Gasteiger partial charge in [0.2, 0.25) is 8.32 Å². The highest BCUT2D eigenvalue weighted by Crippen LogP contribution is 2.29. The van der Waals surface area contributed by atoms with Gasteiger partial charge in [-0.3, -0.25) is 0 Å². The Morgan fingerprint density at radius 3 is 2.25 bits per heavy atom. The number of alkyl halides is 3. The van der Waals surface area contributed by atoms with Crippen LogP contribution in [0.2, 0.25) is 19.1 Å². The molecule has 0 fully saturated rings. The first-order valence-corrected chi connectivity index (χ1v) is 8.93. The van der Waals surface area contributed by atoms with Gasteiger partial charge in [-0.1, -0.05) is 0 Å². The number of unbranched alkanes of at least 4 members (excludes halogenated alkanes) is 1. The minimum atomic E-state index is -5.51. The minimum absolute atomic E-state index is 0.172. The number of nitriles is 1. The van der Waals surface area contributed by atoms with E-state index >= 15 is 0 Å². The van der Waals surface area contributed by atoms with Crippen molar-refractivity contribution in [1.82, 2.24) is 0 Å². The second kappa shape index (κ2) is 5.16. The van der Waals surface area contributed by atoms with Crippen LogP contribution in [0.3, 0.4) is 0 Å². The van der Waals surface area contributed by atoms with Gasteiger partial charge in [0.25, 0.3) is 0 Å². The lowest BCUT2D eigenvalue weighted by molar-refractivity contribution is -0.0503. The smallest absolute Gasteiger partial charge is 0.308 e. The zero-order valence-electron chi connectivity index (χ0n) is 8.84. The summed E-state index contributed by atoms with van der Waals surface area (Å²) in [5.41, 5.74) is -5.38. The molecule has 0 spiro atoms. The highest BCUT2D eigenvalue weighted by molar-refractivity contribution is 7.88. The van der Waals surface area contributed by atoms with Gasteiger partial charge < -0.3 is 3.87 Å². The van der Waals surface area contributed by atoms with Crippen LogP contribution < -0.4 is 0 Å². The fourth-order valence-corrected chi connectivity index (χ4v) is 5.09. The predicted octanol–water partition coefficient (Wildman–Crippen LogP) is 2.36. The van der Waals surface area contributed by atoms with Crippen LogP contribution in [0.25, 0.3) is 0 Å². The van der Waals surface area contributed by atoms with E-state index in [-0.39, 0.29) is 12.5 Å². The molecule has 0 aromatic carbocycles. The number of halogens is 3. The average molecular weight is 275 g/mol. The SMILES string of the molecule is C[Si](C)(CCCC#N)OS(=O)(=O)C(F)(F)F. The lowest BCUT2D eigenvalue weighted by atomic mass is 10.4. The summed E-state index contributed by atoms with van der Waals surface area (Å²) in [5, 5.41) is 8.25. The number of hydrogen-bond donors (Lipinski definition) is 0.